The quantitative estimate of drug-likeness (QED) is 0.894. The van der Waals surface area contributed by atoms with Gasteiger partial charge in [-0.2, -0.15) is 11.3 Å². The minimum absolute atomic E-state index is 0.505. The van der Waals surface area contributed by atoms with Crippen LogP contribution in [0.3, 0.4) is 0 Å². The lowest BCUT2D eigenvalue weighted by Gasteiger charge is -2.40. The number of hydrogen-bond donors (Lipinski definition) is 1. The SMILES string of the molecule is O=C(O)C1(c2ccsc2)CCC2(CC1)OCCO2. The molecule has 1 spiro atoms. The molecule has 1 saturated heterocycles. The fraction of sp³-hybridized carbons (Fsp3) is 0.615. The Bertz CT molecular complexity index is 424. The van der Waals surface area contributed by atoms with Gasteiger partial charge in [0.2, 0.25) is 0 Å². The molecule has 0 unspecified atom stereocenters. The van der Waals surface area contributed by atoms with E-state index < -0.39 is 17.2 Å². The average molecular weight is 268 g/mol. The number of carbonyl (C=O) groups is 1. The molecule has 1 aliphatic carbocycles. The van der Waals surface area contributed by atoms with Crippen molar-refractivity contribution in [3.05, 3.63) is 22.4 Å². The van der Waals surface area contributed by atoms with Crippen molar-refractivity contribution in [2.24, 2.45) is 0 Å². The summed E-state index contributed by atoms with van der Waals surface area (Å²) in [6.45, 7) is 1.25. The lowest BCUT2D eigenvalue weighted by Crippen LogP contribution is -2.46. The third-order valence-corrected chi connectivity index (χ3v) is 4.85. The van der Waals surface area contributed by atoms with Crippen molar-refractivity contribution < 1.29 is 19.4 Å². The van der Waals surface area contributed by atoms with Gasteiger partial charge in [0.1, 0.15) is 0 Å². The second kappa shape index (κ2) is 4.33. The van der Waals surface area contributed by atoms with Crippen LogP contribution in [0, 0.1) is 0 Å². The summed E-state index contributed by atoms with van der Waals surface area (Å²) >= 11 is 1.55. The summed E-state index contributed by atoms with van der Waals surface area (Å²) in [4.78, 5) is 11.7. The molecule has 1 saturated carbocycles. The van der Waals surface area contributed by atoms with E-state index in [0.29, 0.717) is 38.9 Å². The molecule has 5 heteroatoms. The first-order valence-corrected chi connectivity index (χ1v) is 7.15. The molecule has 2 heterocycles. The van der Waals surface area contributed by atoms with Crippen LogP contribution in [-0.4, -0.2) is 30.1 Å². The molecule has 1 aromatic rings. The van der Waals surface area contributed by atoms with Gasteiger partial charge in [0.05, 0.1) is 18.6 Å². The highest BCUT2D eigenvalue weighted by Gasteiger charge is 2.50. The number of ether oxygens (including phenoxy) is 2. The van der Waals surface area contributed by atoms with E-state index in [-0.39, 0.29) is 0 Å². The smallest absolute Gasteiger partial charge is 0.314 e. The molecule has 3 rings (SSSR count). The molecule has 0 bridgehead atoms. The number of carboxylic acids is 1. The summed E-state index contributed by atoms with van der Waals surface area (Å²) in [6.07, 6.45) is 2.49. The molecule has 98 valence electrons. The minimum atomic E-state index is -0.749. The number of thiophene rings is 1. The standard InChI is InChI=1S/C13H16O4S/c14-11(15)12(10-1-8-18-9-10)2-4-13(5-3-12)16-6-7-17-13/h1,8-9H,2-7H2,(H,14,15). The van der Waals surface area contributed by atoms with E-state index in [9.17, 15) is 9.90 Å². The molecule has 0 radical (unpaired) electrons. The van der Waals surface area contributed by atoms with Crippen molar-refractivity contribution in [3.8, 4) is 0 Å². The highest BCUT2D eigenvalue weighted by Crippen LogP contribution is 2.46. The minimum Gasteiger partial charge on any atom is -0.481 e. The van der Waals surface area contributed by atoms with Gasteiger partial charge in [-0.15, -0.1) is 0 Å². The fourth-order valence-corrected chi connectivity index (χ4v) is 3.76. The number of aliphatic carboxylic acids is 1. The Hall–Kier alpha value is -0.910. The molecule has 1 N–H and O–H groups in total. The molecule has 0 amide bonds. The molecule has 2 fully saturated rings. The van der Waals surface area contributed by atoms with Crippen LogP contribution >= 0.6 is 11.3 Å². The first-order valence-electron chi connectivity index (χ1n) is 6.21. The van der Waals surface area contributed by atoms with Crippen molar-refractivity contribution in [1.29, 1.82) is 0 Å². The maximum atomic E-state index is 11.7. The highest BCUT2D eigenvalue weighted by molar-refractivity contribution is 7.08. The Morgan fingerprint density at radius 3 is 2.39 bits per heavy atom. The predicted octanol–water partition coefficient (Wildman–Crippen LogP) is 2.39. The van der Waals surface area contributed by atoms with Crippen LogP contribution < -0.4 is 0 Å². The van der Waals surface area contributed by atoms with Gasteiger partial charge in [0.25, 0.3) is 0 Å². The van der Waals surface area contributed by atoms with Crippen LogP contribution in [0.2, 0.25) is 0 Å². The van der Waals surface area contributed by atoms with Gasteiger partial charge in [-0.25, -0.2) is 0 Å². The lowest BCUT2D eigenvalue weighted by molar-refractivity contribution is -0.189. The molecular weight excluding hydrogens is 252 g/mol. The molecular formula is C13H16O4S. The Labute approximate surface area is 110 Å². The van der Waals surface area contributed by atoms with Crippen molar-refractivity contribution in [2.75, 3.05) is 13.2 Å². The zero-order chi connectivity index (χ0) is 12.6. The van der Waals surface area contributed by atoms with Crippen LogP contribution in [0.5, 0.6) is 0 Å². The summed E-state index contributed by atoms with van der Waals surface area (Å²) in [6, 6.07) is 1.92. The van der Waals surface area contributed by atoms with Gasteiger partial charge in [-0.1, -0.05) is 0 Å². The number of rotatable bonds is 2. The molecule has 1 aromatic heterocycles. The zero-order valence-corrected chi connectivity index (χ0v) is 10.9. The van der Waals surface area contributed by atoms with Crippen LogP contribution in [0.1, 0.15) is 31.2 Å². The van der Waals surface area contributed by atoms with Crippen molar-refractivity contribution in [3.63, 3.8) is 0 Å². The van der Waals surface area contributed by atoms with Gasteiger partial charge in [0.15, 0.2) is 5.79 Å². The summed E-state index contributed by atoms with van der Waals surface area (Å²) < 4.78 is 11.3. The summed E-state index contributed by atoms with van der Waals surface area (Å²) in [5.41, 5.74) is 0.174. The van der Waals surface area contributed by atoms with Crippen molar-refractivity contribution in [1.82, 2.24) is 0 Å². The van der Waals surface area contributed by atoms with Crippen LogP contribution in [-0.2, 0) is 19.7 Å². The predicted molar refractivity (Wildman–Crippen MR) is 66.7 cm³/mol. The fourth-order valence-electron chi connectivity index (χ4n) is 3.01. The largest absolute Gasteiger partial charge is 0.481 e. The summed E-state index contributed by atoms with van der Waals surface area (Å²) in [7, 11) is 0. The van der Waals surface area contributed by atoms with Crippen molar-refractivity contribution in [2.45, 2.75) is 36.9 Å². The lowest BCUT2D eigenvalue weighted by atomic mass is 9.68. The monoisotopic (exact) mass is 268 g/mol. The van der Waals surface area contributed by atoms with E-state index in [1.807, 2.05) is 16.8 Å². The first-order chi connectivity index (χ1) is 8.67. The molecule has 0 atom stereocenters. The van der Waals surface area contributed by atoms with E-state index in [1.165, 1.54) is 0 Å². The van der Waals surface area contributed by atoms with Gasteiger partial charge >= 0.3 is 5.97 Å². The average Bonchev–Trinajstić information content (AvgIpc) is 3.02. The van der Waals surface area contributed by atoms with E-state index >= 15 is 0 Å². The Morgan fingerprint density at radius 2 is 1.89 bits per heavy atom. The topological polar surface area (TPSA) is 55.8 Å². The molecule has 18 heavy (non-hydrogen) atoms. The Kier molecular flexibility index (Phi) is 2.92. The Balaban J connectivity index is 1.84. The molecule has 2 aliphatic rings. The van der Waals surface area contributed by atoms with Crippen LogP contribution in [0.4, 0.5) is 0 Å². The third kappa shape index (κ3) is 1.77. The normalized spacial score (nSPS) is 25.3. The Morgan fingerprint density at radius 1 is 1.22 bits per heavy atom. The van der Waals surface area contributed by atoms with Crippen molar-refractivity contribution >= 4 is 17.3 Å². The second-order valence-corrected chi connectivity index (χ2v) is 5.79. The van der Waals surface area contributed by atoms with Gasteiger partial charge in [-0.3, -0.25) is 4.79 Å². The second-order valence-electron chi connectivity index (χ2n) is 5.01. The summed E-state index contributed by atoms with van der Waals surface area (Å²) in [5, 5.41) is 13.5. The first kappa shape index (κ1) is 12.1. The maximum Gasteiger partial charge on any atom is 0.314 e. The number of hydrogen-bond acceptors (Lipinski definition) is 4. The maximum absolute atomic E-state index is 11.7. The summed E-state index contributed by atoms with van der Waals surface area (Å²) in [5.74, 6) is -1.23. The molecule has 1 aliphatic heterocycles. The van der Waals surface area contributed by atoms with E-state index in [1.54, 1.807) is 11.3 Å². The van der Waals surface area contributed by atoms with Gasteiger partial charge in [-0.05, 0) is 35.2 Å². The van der Waals surface area contributed by atoms with Gasteiger partial charge in [0, 0.05) is 12.8 Å². The van der Waals surface area contributed by atoms with Crippen LogP contribution in [0.25, 0.3) is 0 Å². The van der Waals surface area contributed by atoms with Crippen LogP contribution in [0.15, 0.2) is 16.8 Å². The molecule has 0 aromatic carbocycles. The van der Waals surface area contributed by atoms with E-state index in [4.69, 9.17) is 9.47 Å². The molecule has 4 nitrogen and oxygen atoms in total. The van der Waals surface area contributed by atoms with Gasteiger partial charge < -0.3 is 14.6 Å². The highest BCUT2D eigenvalue weighted by atomic mass is 32.1. The van der Waals surface area contributed by atoms with E-state index in [0.717, 1.165) is 5.56 Å². The third-order valence-electron chi connectivity index (χ3n) is 4.16. The van der Waals surface area contributed by atoms with E-state index in [2.05, 4.69) is 0 Å². The zero-order valence-electron chi connectivity index (χ0n) is 10.1. The number of carboxylic acid groups (broad SMARTS) is 1.